The van der Waals surface area contributed by atoms with E-state index in [1.807, 2.05) is 61.5 Å². The van der Waals surface area contributed by atoms with Crippen molar-refractivity contribution in [2.75, 3.05) is 5.73 Å². The lowest BCUT2D eigenvalue weighted by atomic mass is 9.72. The van der Waals surface area contributed by atoms with Gasteiger partial charge in [-0.1, -0.05) is 42.5 Å². The van der Waals surface area contributed by atoms with Crippen molar-refractivity contribution in [2.45, 2.75) is 37.9 Å². The van der Waals surface area contributed by atoms with Crippen LogP contribution < -0.4 is 10.5 Å². The van der Waals surface area contributed by atoms with Crippen molar-refractivity contribution in [3.8, 4) is 17.0 Å². The van der Waals surface area contributed by atoms with E-state index in [-0.39, 0.29) is 11.9 Å². The second kappa shape index (κ2) is 7.11. The Morgan fingerprint density at radius 2 is 1.97 bits per heavy atom. The molecular formula is C23H23N5O2. The van der Waals surface area contributed by atoms with Crippen LogP contribution in [0.15, 0.2) is 60.8 Å². The first-order valence-corrected chi connectivity index (χ1v) is 9.99. The first-order valence-electron chi connectivity index (χ1n) is 9.99. The number of hydrogen-bond donors (Lipinski definition) is 2. The predicted octanol–water partition coefficient (Wildman–Crippen LogP) is 3.58. The molecule has 2 heterocycles. The Morgan fingerprint density at radius 1 is 1.17 bits per heavy atom. The number of nitrogen functional groups attached to an aromatic ring is 1. The molecule has 0 unspecified atom stereocenters. The van der Waals surface area contributed by atoms with E-state index < -0.39 is 5.60 Å². The number of hydrogen-bond acceptors (Lipinski definition) is 6. The second-order valence-electron chi connectivity index (χ2n) is 8.14. The highest BCUT2D eigenvalue weighted by Gasteiger charge is 2.42. The number of aromatic nitrogens is 4. The van der Waals surface area contributed by atoms with Crippen LogP contribution in [0, 0.1) is 0 Å². The molecule has 0 radical (unpaired) electrons. The molecule has 1 saturated carbocycles. The second-order valence-corrected chi connectivity index (χ2v) is 8.14. The lowest BCUT2D eigenvalue weighted by Crippen LogP contribution is -2.40. The molecule has 7 nitrogen and oxygen atoms in total. The molecule has 5 rings (SSSR count). The van der Waals surface area contributed by atoms with Crippen LogP contribution in [0.5, 0.6) is 5.75 Å². The number of ether oxygens (including phenoxy) is 1. The number of anilines is 1. The standard InChI is InChI=1S/C23H23N5O2/c1-23(29)11-17(12-23)21-26-20(19-13-25-22(24)27-28(19)21)16-8-5-9-18(10-16)30-14-15-6-3-2-4-7-15/h2-10,13,17,29H,11-12,14H2,1H3,(H2,24,27). The largest absolute Gasteiger partial charge is 0.489 e. The number of aliphatic hydroxyl groups is 1. The van der Waals surface area contributed by atoms with Gasteiger partial charge in [-0.05, 0) is 37.5 Å². The highest BCUT2D eigenvalue weighted by Crippen LogP contribution is 2.44. The quantitative estimate of drug-likeness (QED) is 0.530. The zero-order valence-corrected chi connectivity index (χ0v) is 16.7. The van der Waals surface area contributed by atoms with Gasteiger partial charge in [-0.25, -0.2) is 14.5 Å². The molecule has 1 aliphatic rings. The molecule has 152 valence electrons. The zero-order chi connectivity index (χ0) is 20.7. The van der Waals surface area contributed by atoms with Crippen molar-refractivity contribution >= 4 is 11.5 Å². The highest BCUT2D eigenvalue weighted by molar-refractivity contribution is 5.77. The molecule has 0 bridgehead atoms. The average molecular weight is 401 g/mol. The molecule has 0 spiro atoms. The molecule has 2 aromatic carbocycles. The van der Waals surface area contributed by atoms with E-state index in [1.54, 1.807) is 10.7 Å². The molecule has 7 heteroatoms. The summed E-state index contributed by atoms with van der Waals surface area (Å²) in [6.07, 6.45) is 2.99. The van der Waals surface area contributed by atoms with Gasteiger partial charge in [-0.15, -0.1) is 5.10 Å². The van der Waals surface area contributed by atoms with Crippen molar-refractivity contribution in [1.82, 2.24) is 19.6 Å². The summed E-state index contributed by atoms with van der Waals surface area (Å²) in [5.41, 5.74) is 8.77. The van der Waals surface area contributed by atoms with Crippen LogP contribution in [-0.2, 0) is 6.61 Å². The maximum atomic E-state index is 10.2. The van der Waals surface area contributed by atoms with Crippen LogP contribution >= 0.6 is 0 Å². The number of benzene rings is 2. The van der Waals surface area contributed by atoms with Crippen molar-refractivity contribution in [2.24, 2.45) is 0 Å². The van der Waals surface area contributed by atoms with Gasteiger partial charge in [0.25, 0.3) is 0 Å². The Kier molecular flexibility index (Phi) is 4.40. The summed E-state index contributed by atoms with van der Waals surface area (Å²) < 4.78 is 7.74. The van der Waals surface area contributed by atoms with E-state index in [0.717, 1.165) is 33.9 Å². The van der Waals surface area contributed by atoms with E-state index in [0.29, 0.717) is 19.4 Å². The van der Waals surface area contributed by atoms with Crippen LogP contribution in [0.4, 0.5) is 5.95 Å². The van der Waals surface area contributed by atoms with Crippen molar-refractivity contribution in [3.63, 3.8) is 0 Å². The molecule has 0 saturated heterocycles. The molecule has 4 aromatic rings. The number of imidazole rings is 1. The van der Waals surface area contributed by atoms with Gasteiger partial charge in [0.1, 0.15) is 23.7 Å². The third kappa shape index (κ3) is 3.48. The monoisotopic (exact) mass is 401 g/mol. The SMILES string of the molecule is CC1(O)CC(c2nc(-c3cccc(OCc4ccccc4)c3)c3cnc(N)nn23)C1. The summed E-state index contributed by atoms with van der Waals surface area (Å²) >= 11 is 0. The fourth-order valence-electron chi connectivity index (χ4n) is 4.05. The number of rotatable bonds is 5. The van der Waals surface area contributed by atoms with E-state index in [4.69, 9.17) is 15.5 Å². The lowest BCUT2D eigenvalue weighted by Gasteiger charge is -2.39. The van der Waals surface area contributed by atoms with Crippen LogP contribution in [0.1, 0.15) is 37.1 Å². The van der Waals surface area contributed by atoms with Crippen molar-refractivity contribution < 1.29 is 9.84 Å². The van der Waals surface area contributed by atoms with Crippen LogP contribution in [0.3, 0.4) is 0 Å². The Balaban J connectivity index is 1.49. The van der Waals surface area contributed by atoms with Crippen LogP contribution in [0.2, 0.25) is 0 Å². The maximum Gasteiger partial charge on any atom is 0.238 e. The Morgan fingerprint density at radius 3 is 2.73 bits per heavy atom. The summed E-state index contributed by atoms with van der Waals surface area (Å²) in [4.78, 5) is 9.05. The first kappa shape index (κ1) is 18.6. The highest BCUT2D eigenvalue weighted by atomic mass is 16.5. The summed E-state index contributed by atoms with van der Waals surface area (Å²) in [5.74, 6) is 1.89. The Hall–Kier alpha value is -3.45. The molecular weight excluding hydrogens is 378 g/mol. The van der Waals surface area contributed by atoms with E-state index in [9.17, 15) is 5.11 Å². The lowest BCUT2D eigenvalue weighted by molar-refractivity contribution is -0.0337. The van der Waals surface area contributed by atoms with E-state index in [1.165, 1.54) is 0 Å². The minimum atomic E-state index is -0.652. The fourth-order valence-corrected chi connectivity index (χ4v) is 4.05. The van der Waals surface area contributed by atoms with Gasteiger partial charge in [-0.2, -0.15) is 0 Å². The molecule has 0 amide bonds. The topological polar surface area (TPSA) is 98.6 Å². The molecule has 0 atom stereocenters. The minimum Gasteiger partial charge on any atom is -0.489 e. The minimum absolute atomic E-state index is 0.132. The van der Waals surface area contributed by atoms with Crippen LogP contribution in [-0.4, -0.2) is 30.3 Å². The van der Waals surface area contributed by atoms with Crippen molar-refractivity contribution in [3.05, 3.63) is 72.2 Å². The molecule has 2 aromatic heterocycles. The van der Waals surface area contributed by atoms with E-state index in [2.05, 4.69) is 10.1 Å². The van der Waals surface area contributed by atoms with Gasteiger partial charge in [0, 0.05) is 11.5 Å². The summed E-state index contributed by atoms with van der Waals surface area (Å²) in [6.45, 7) is 2.34. The molecule has 3 N–H and O–H groups in total. The van der Waals surface area contributed by atoms with Gasteiger partial charge in [0.05, 0.1) is 17.5 Å². The van der Waals surface area contributed by atoms with Gasteiger partial charge >= 0.3 is 0 Å². The summed E-state index contributed by atoms with van der Waals surface area (Å²) in [5, 5.41) is 14.6. The third-order valence-corrected chi connectivity index (χ3v) is 5.53. The molecule has 1 fully saturated rings. The fraction of sp³-hybridized carbons (Fsp3) is 0.261. The molecule has 0 aliphatic heterocycles. The Labute approximate surface area is 174 Å². The normalized spacial score (nSPS) is 20.8. The van der Waals surface area contributed by atoms with Gasteiger partial charge in [-0.3, -0.25) is 0 Å². The zero-order valence-electron chi connectivity index (χ0n) is 16.7. The smallest absolute Gasteiger partial charge is 0.238 e. The predicted molar refractivity (Wildman–Crippen MR) is 114 cm³/mol. The van der Waals surface area contributed by atoms with E-state index >= 15 is 0 Å². The molecule has 1 aliphatic carbocycles. The molecule has 30 heavy (non-hydrogen) atoms. The van der Waals surface area contributed by atoms with Gasteiger partial charge < -0.3 is 15.6 Å². The van der Waals surface area contributed by atoms with Gasteiger partial charge in [0.2, 0.25) is 5.95 Å². The number of fused-ring (bicyclic) bond motifs is 1. The number of nitrogens with zero attached hydrogens (tertiary/aromatic N) is 4. The van der Waals surface area contributed by atoms with Gasteiger partial charge in [0.15, 0.2) is 0 Å². The Bertz CT molecular complexity index is 1190. The summed E-state index contributed by atoms with van der Waals surface area (Å²) in [7, 11) is 0. The van der Waals surface area contributed by atoms with Crippen LogP contribution in [0.25, 0.3) is 16.8 Å². The van der Waals surface area contributed by atoms with Crippen molar-refractivity contribution in [1.29, 1.82) is 0 Å². The average Bonchev–Trinajstić information content (AvgIpc) is 3.10. The summed E-state index contributed by atoms with van der Waals surface area (Å²) in [6, 6.07) is 17.9. The number of nitrogens with two attached hydrogens (primary N) is 1. The maximum absolute atomic E-state index is 10.2. The third-order valence-electron chi connectivity index (χ3n) is 5.53. The first-order chi connectivity index (χ1) is 14.5.